The molecule has 0 amide bonds. The lowest BCUT2D eigenvalue weighted by atomic mass is 9.82. The first-order chi connectivity index (χ1) is 8.29. The average molecular weight is 238 g/mol. The van der Waals surface area contributed by atoms with Crippen LogP contribution in [0.3, 0.4) is 0 Å². The van der Waals surface area contributed by atoms with Crippen molar-refractivity contribution in [2.24, 2.45) is 11.8 Å². The minimum absolute atomic E-state index is 0.813. The summed E-state index contributed by atoms with van der Waals surface area (Å²) in [5, 5.41) is 3.37. The van der Waals surface area contributed by atoms with E-state index >= 15 is 0 Å². The Bertz CT molecular complexity index is 207. The fourth-order valence-electron chi connectivity index (χ4n) is 3.61. The number of hydrogen-bond acceptors (Lipinski definition) is 2. The van der Waals surface area contributed by atoms with Crippen molar-refractivity contribution in [3.8, 4) is 0 Å². The van der Waals surface area contributed by atoms with Crippen molar-refractivity contribution in [2.45, 2.75) is 57.9 Å². The van der Waals surface area contributed by atoms with Gasteiger partial charge in [0.25, 0.3) is 0 Å². The van der Waals surface area contributed by atoms with Crippen LogP contribution in [-0.4, -0.2) is 37.6 Å². The number of piperidine rings is 1. The van der Waals surface area contributed by atoms with Gasteiger partial charge < -0.3 is 5.32 Å². The molecule has 2 nitrogen and oxygen atoms in total. The molecule has 2 aliphatic rings. The highest BCUT2D eigenvalue weighted by molar-refractivity contribution is 4.81. The first kappa shape index (κ1) is 13.4. The molecule has 2 heteroatoms. The molecule has 1 aliphatic carbocycles. The second-order valence-electron chi connectivity index (χ2n) is 6.33. The zero-order chi connectivity index (χ0) is 12.1. The summed E-state index contributed by atoms with van der Waals surface area (Å²) < 4.78 is 0. The maximum atomic E-state index is 3.37. The summed E-state index contributed by atoms with van der Waals surface area (Å²) in [5.74, 6) is 1.98. The molecule has 2 rings (SSSR count). The predicted octanol–water partition coefficient (Wildman–Crippen LogP) is 2.89. The quantitative estimate of drug-likeness (QED) is 0.810. The van der Waals surface area contributed by atoms with E-state index in [-0.39, 0.29) is 0 Å². The Kier molecular flexibility index (Phi) is 5.30. The Morgan fingerprint density at radius 1 is 1.06 bits per heavy atom. The number of likely N-dealkylation sites (tertiary alicyclic amines) is 1. The molecule has 1 unspecified atom stereocenters. The zero-order valence-corrected chi connectivity index (χ0v) is 11.8. The molecule has 1 aliphatic heterocycles. The zero-order valence-electron chi connectivity index (χ0n) is 11.8. The van der Waals surface area contributed by atoms with E-state index < -0.39 is 0 Å². The largest absolute Gasteiger partial charge is 0.318 e. The van der Waals surface area contributed by atoms with E-state index in [1.807, 2.05) is 0 Å². The van der Waals surface area contributed by atoms with Gasteiger partial charge in [0.15, 0.2) is 0 Å². The van der Waals surface area contributed by atoms with Crippen LogP contribution in [0, 0.1) is 11.8 Å². The Morgan fingerprint density at radius 2 is 1.82 bits per heavy atom. The molecule has 0 aromatic rings. The van der Waals surface area contributed by atoms with Gasteiger partial charge in [0.1, 0.15) is 0 Å². The van der Waals surface area contributed by atoms with Crippen LogP contribution in [0.1, 0.15) is 51.9 Å². The summed E-state index contributed by atoms with van der Waals surface area (Å²) in [5.41, 5.74) is 0. The summed E-state index contributed by atoms with van der Waals surface area (Å²) in [6, 6.07) is 0.813. The lowest BCUT2D eigenvalue weighted by molar-refractivity contribution is 0.107. The number of hydrogen-bond donors (Lipinski definition) is 1. The van der Waals surface area contributed by atoms with Gasteiger partial charge >= 0.3 is 0 Å². The summed E-state index contributed by atoms with van der Waals surface area (Å²) >= 11 is 0. The predicted molar refractivity (Wildman–Crippen MR) is 74.3 cm³/mol. The average Bonchev–Trinajstić information content (AvgIpc) is 2.35. The maximum Gasteiger partial charge on any atom is 0.0220 e. The van der Waals surface area contributed by atoms with Crippen LogP contribution in [-0.2, 0) is 0 Å². The first-order valence-electron chi connectivity index (χ1n) is 7.68. The molecule has 0 spiro atoms. The fourth-order valence-corrected chi connectivity index (χ4v) is 3.61. The smallest absolute Gasteiger partial charge is 0.0220 e. The van der Waals surface area contributed by atoms with Crippen molar-refractivity contribution < 1.29 is 0 Å². The molecule has 2 fully saturated rings. The third kappa shape index (κ3) is 3.96. The van der Waals surface area contributed by atoms with Gasteiger partial charge in [0.2, 0.25) is 0 Å². The van der Waals surface area contributed by atoms with Crippen LogP contribution in [0.25, 0.3) is 0 Å². The van der Waals surface area contributed by atoms with Crippen molar-refractivity contribution in [1.29, 1.82) is 0 Å². The van der Waals surface area contributed by atoms with E-state index in [0.29, 0.717) is 0 Å². The molecule has 0 bridgehead atoms. The molecule has 1 saturated carbocycles. The minimum atomic E-state index is 0.813. The third-order valence-electron chi connectivity index (χ3n) is 4.82. The van der Waals surface area contributed by atoms with Crippen molar-refractivity contribution in [3.05, 3.63) is 0 Å². The molecule has 1 atom stereocenters. The van der Waals surface area contributed by atoms with Crippen molar-refractivity contribution in [1.82, 2.24) is 10.2 Å². The van der Waals surface area contributed by atoms with Crippen molar-refractivity contribution in [2.75, 3.05) is 26.7 Å². The summed E-state index contributed by atoms with van der Waals surface area (Å²) in [4.78, 5) is 2.78. The van der Waals surface area contributed by atoms with Crippen LogP contribution < -0.4 is 5.32 Å². The van der Waals surface area contributed by atoms with Gasteiger partial charge in [-0.05, 0) is 51.1 Å². The standard InChI is InChI=1S/C15H30N2/c1-13-6-8-14(9-7-13)12-17-10-4-3-5-15(17)11-16-2/h13-16H,3-12H2,1-2H3. The minimum Gasteiger partial charge on any atom is -0.318 e. The van der Waals surface area contributed by atoms with E-state index in [2.05, 4.69) is 24.2 Å². The normalized spacial score (nSPS) is 36.0. The number of likely N-dealkylation sites (N-methyl/N-ethyl adjacent to an activating group) is 1. The van der Waals surface area contributed by atoms with Crippen LogP contribution in [0.2, 0.25) is 0 Å². The van der Waals surface area contributed by atoms with Gasteiger partial charge in [-0.2, -0.15) is 0 Å². The van der Waals surface area contributed by atoms with Gasteiger partial charge in [0, 0.05) is 19.1 Å². The SMILES string of the molecule is CNCC1CCCCN1CC1CCC(C)CC1. The lowest BCUT2D eigenvalue weighted by Crippen LogP contribution is -2.47. The summed E-state index contributed by atoms with van der Waals surface area (Å²) in [6.07, 6.45) is 10.1. The summed E-state index contributed by atoms with van der Waals surface area (Å²) in [6.45, 7) is 6.32. The Morgan fingerprint density at radius 3 is 2.53 bits per heavy atom. The Labute approximate surface area is 107 Å². The molecular formula is C15H30N2. The van der Waals surface area contributed by atoms with Gasteiger partial charge in [-0.15, -0.1) is 0 Å². The Hall–Kier alpha value is -0.0800. The highest BCUT2D eigenvalue weighted by Gasteiger charge is 2.26. The first-order valence-corrected chi connectivity index (χ1v) is 7.68. The number of rotatable bonds is 4. The van der Waals surface area contributed by atoms with Crippen molar-refractivity contribution in [3.63, 3.8) is 0 Å². The number of nitrogens with one attached hydrogen (secondary N) is 1. The van der Waals surface area contributed by atoms with E-state index in [0.717, 1.165) is 17.9 Å². The van der Waals surface area contributed by atoms with Crippen LogP contribution >= 0.6 is 0 Å². The molecule has 100 valence electrons. The van der Waals surface area contributed by atoms with Gasteiger partial charge in [-0.3, -0.25) is 4.90 Å². The third-order valence-corrected chi connectivity index (χ3v) is 4.82. The second kappa shape index (κ2) is 6.75. The van der Waals surface area contributed by atoms with Crippen LogP contribution in [0.15, 0.2) is 0 Å². The van der Waals surface area contributed by atoms with Crippen LogP contribution in [0.5, 0.6) is 0 Å². The molecule has 0 radical (unpaired) electrons. The lowest BCUT2D eigenvalue weighted by Gasteiger charge is -2.39. The fraction of sp³-hybridized carbons (Fsp3) is 1.00. The molecule has 17 heavy (non-hydrogen) atoms. The highest BCUT2D eigenvalue weighted by Crippen LogP contribution is 2.30. The van der Waals surface area contributed by atoms with E-state index in [9.17, 15) is 0 Å². The molecular weight excluding hydrogens is 208 g/mol. The second-order valence-corrected chi connectivity index (χ2v) is 6.33. The maximum absolute atomic E-state index is 3.37. The van der Waals surface area contributed by atoms with E-state index in [1.165, 1.54) is 64.6 Å². The molecule has 0 aromatic carbocycles. The number of nitrogens with zero attached hydrogens (tertiary/aromatic N) is 1. The molecule has 1 heterocycles. The molecule has 1 saturated heterocycles. The topological polar surface area (TPSA) is 15.3 Å². The summed E-state index contributed by atoms with van der Waals surface area (Å²) in [7, 11) is 2.09. The molecule has 0 aromatic heterocycles. The van der Waals surface area contributed by atoms with Gasteiger partial charge in [-0.25, -0.2) is 0 Å². The highest BCUT2D eigenvalue weighted by atomic mass is 15.2. The van der Waals surface area contributed by atoms with Gasteiger partial charge in [-0.1, -0.05) is 26.2 Å². The van der Waals surface area contributed by atoms with Crippen molar-refractivity contribution >= 4 is 0 Å². The monoisotopic (exact) mass is 238 g/mol. The van der Waals surface area contributed by atoms with E-state index in [1.54, 1.807) is 0 Å². The van der Waals surface area contributed by atoms with Crippen LogP contribution in [0.4, 0.5) is 0 Å². The Balaban J connectivity index is 1.79. The van der Waals surface area contributed by atoms with Gasteiger partial charge in [0.05, 0.1) is 0 Å². The molecule has 1 N–H and O–H groups in total. The van der Waals surface area contributed by atoms with E-state index in [4.69, 9.17) is 0 Å².